The van der Waals surface area contributed by atoms with Crippen molar-refractivity contribution in [1.82, 2.24) is 5.32 Å². The number of carbonyl (C=O) groups excluding carboxylic acids is 1. The molecule has 0 heterocycles. The van der Waals surface area contributed by atoms with Gasteiger partial charge in [-0.1, -0.05) is 27.2 Å². The summed E-state index contributed by atoms with van der Waals surface area (Å²) in [5, 5.41) is 3.13. The second-order valence-corrected chi connectivity index (χ2v) is 6.76. The summed E-state index contributed by atoms with van der Waals surface area (Å²) >= 11 is 0. The van der Waals surface area contributed by atoms with Crippen LogP contribution in [0, 0.1) is 11.3 Å². The normalized spacial score (nSPS) is 25.2. The van der Waals surface area contributed by atoms with Crippen LogP contribution in [-0.2, 0) is 9.53 Å². The first kappa shape index (κ1) is 17.4. The summed E-state index contributed by atoms with van der Waals surface area (Å²) < 4.78 is 5.15. The van der Waals surface area contributed by atoms with Crippen molar-refractivity contribution in [2.75, 3.05) is 13.7 Å². The fraction of sp³-hybridized carbons (Fsp3) is 0.938. The minimum Gasteiger partial charge on any atom is -0.380 e. The van der Waals surface area contributed by atoms with Crippen LogP contribution in [0.25, 0.3) is 0 Å². The smallest absolute Gasteiger partial charge is 0.222 e. The summed E-state index contributed by atoms with van der Waals surface area (Å²) in [5.41, 5.74) is 5.97. The van der Waals surface area contributed by atoms with Crippen molar-refractivity contribution >= 4 is 5.91 Å². The zero-order valence-corrected chi connectivity index (χ0v) is 13.6. The number of nitrogens with one attached hydrogen (secondary N) is 1. The van der Waals surface area contributed by atoms with Crippen LogP contribution >= 0.6 is 0 Å². The fourth-order valence-electron chi connectivity index (χ4n) is 3.06. The molecule has 0 aromatic carbocycles. The molecule has 0 radical (unpaired) electrons. The van der Waals surface area contributed by atoms with Gasteiger partial charge in [0.1, 0.15) is 0 Å². The molecular weight excluding hydrogens is 252 g/mol. The van der Waals surface area contributed by atoms with E-state index < -0.39 is 0 Å². The van der Waals surface area contributed by atoms with E-state index in [1.54, 1.807) is 7.11 Å². The molecule has 1 aliphatic rings. The molecule has 1 amide bonds. The summed E-state index contributed by atoms with van der Waals surface area (Å²) in [5.74, 6) is 0.858. The summed E-state index contributed by atoms with van der Waals surface area (Å²) in [7, 11) is 1.60. The van der Waals surface area contributed by atoms with Crippen LogP contribution in [0.4, 0.5) is 0 Å². The highest BCUT2D eigenvalue weighted by atomic mass is 16.5. The van der Waals surface area contributed by atoms with Gasteiger partial charge in [-0.2, -0.15) is 0 Å². The van der Waals surface area contributed by atoms with Crippen LogP contribution < -0.4 is 11.1 Å². The van der Waals surface area contributed by atoms with Gasteiger partial charge in [-0.05, 0) is 37.0 Å². The van der Waals surface area contributed by atoms with Crippen molar-refractivity contribution in [1.29, 1.82) is 0 Å². The Morgan fingerprint density at radius 2 is 1.95 bits per heavy atom. The molecule has 0 bridgehead atoms. The van der Waals surface area contributed by atoms with Gasteiger partial charge < -0.3 is 15.8 Å². The van der Waals surface area contributed by atoms with E-state index in [1.165, 1.54) is 19.3 Å². The van der Waals surface area contributed by atoms with Crippen LogP contribution in [0.2, 0.25) is 0 Å². The van der Waals surface area contributed by atoms with Crippen molar-refractivity contribution in [2.45, 2.75) is 71.4 Å². The van der Waals surface area contributed by atoms with Crippen molar-refractivity contribution in [3.8, 4) is 0 Å². The minimum atomic E-state index is -0.162. The summed E-state index contributed by atoms with van der Waals surface area (Å²) in [6.45, 7) is 7.38. The molecule has 1 aliphatic carbocycles. The van der Waals surface area contributed by atoms with Crippen molar-refractivity contribution < 1.29 is 9.53 Å². The Labute approximate surface area is 123 Å². The lowest BCUT2D eigenvalue weighted by molar-refractivity contribution is -0.124. The van der Waals surface area contributed by atoms with Gasteiger partial charge in [0.2, 0.25) is 5.91 Å². The first-order valence-corrected chi connectivity index (χ1v) is 7.95. The van der Waals surface area contributed by atoms with Crippen molar-refractivity contribution in [2.24, 2.45) is 17.1 Å². The lowest BCUT2D eigenvalue weighted by atomic mass is 9.69. The Bertz CT molecular complexity index is 293. The first-order valence-electron chi connectivity index (χ1n) is 7.95. The molecule has 1 unspecified atom stereocenters. The maximum atomic E-state index is 11.9. The zero-order chi connectivity index (χ0) is 15.2. The SMILES string of the molecule is CCC(C)(C)C1CCC(NC(=O)CC(CN)OC)CC1. The highest BCUT2D eigenvalue weighted by Crippen LogP contribution is 2.40. The van der Waals surface area contributed by atoms with Gasteiger partial charge >= 0.3 is 0 Å². The molecule has 0 aliphatic heterocycles. The van der Waals surface area contributed by atoms with E-state index in [1.807, 2.05) is 0 Å². The number of hydrogen-bond donors (Lipinski definition) is 2. The molecule has 1 atom stereocenters. The highest BCUT2D eigenvalue weighted by molar-refractivity contribution is 5.76. The predicted molar refractivity (Wildman–Crippen MR) is 82.4 cm³/mol. The Kier molecular flexibility index (Phi) is 6.96. The van der Waals surface area contributed by atoms with Gasteiger partial charge in [-0.25, -0.2) is 0 Å². The van der Waals surface area contributed by atoms with E-state index in [0.717, 1.165) is 18.8 Å². The zero-order valence-electron chi connectivity index (χ0n) is 13.6. The molecule has 3 N–H and O–H groups in total. The van der Waals surface area contributed by atoms with Gasteiger partial charge in [-0.15, -0.1) is 0 Å². The van der Waals surface area contributed by atoms with Gasteiger partial charge in [0.15, 0.2) is 0 Å². The van der Waals surface area contributed by atoms with E-state index in [4.69, 9.17) is 10.5 Å². The molecule has 4 nitrogen and oxygen atoms in total. The van der Waals surface area contributed by atoms with E-state index in [-0.39, 0.29) is 12.0 Å². The number of nitrogens with two attached hydrogens (primary N) is 1. The summed E-state index contributed by atoms with van der Waals surface area (Å²) in [6.07, 6.45) is 6.06. The lowest BCUT2D eigenvalue weighted by Crippen LogP contribution is -2.41. The quantitative estimate of drug-likeness (QED) is 0.755. The maximum Gasteiger partial charge on any atom is 0.222 e. The van der Waals surface area contributed by atoms with Gasteiger partial charge in [0.25, 0.3) is 0 Å². The minimum absolute atomic E-state index is 0.0699. The van der Waals surface area contributed by atoms with Crippen molar-refractivity contribution in [3.63, 3.8) is 0 Å². The lowest BCUT2D eigenvalue weighted by Gasteiger charge is -2.39. The van der Waals surface area contributed by atoms with E-state index in [0.29, 0.717) is 24.4 Å². The molecule has 0 aromatic rings. The summed E-state index contributed by atoms with van der Waals surface area (Å²) in [4.78, 5) is 11.9. The standard InChI is InChI=1S/C16H32N2O2/c1-5-16(2,3)12-6-8-13(9-7-12)18-15(19)10-14(11-17)20-4/h12-14H,5-11,17H2,1-4H3,(H,18,19). The third kappa shape index (κ3) is 5.06. The number of methoxy groups -OCH3 is 1. The summed E-state index contributed by atoms with van der Waals surface area (Å²) in [6, 6.07) is 0.335. The van der Waals surface area contributed by atoms with Gasteiger partial charge in [0.05, 0.1) is 12.5 Å². The van der Waals surface area contributed by atoms with Crippen LogP contribution in [0.3, 0.4) is 0 Å². The van der Waals surface area contributed by atoms with Gasteiger partial charge in [-0.3, -0.25) is 4.79 Å². The third-order valence-electron chi connectivity index (χ3n) is 5.12. The maximum absolute atomic E-state index is 11.9. The molecule has 4 heteroatoms. The van der Waals surface area contributed by atoms with Gasteiger partial charge in [0, 0.05) is 19.7 Å². The van der Waals surface area contributed by atoms with Crippen LogP contribution in [-0.4, -0.2) is 31.7 Å². The average Bonchev–Trinajstić information content (AvgIpc) is 2.45. The number of carbonyl (C=O) groups is 1. The van der Waals surface area contributed by atoms with Crippen LogP contribution in [0.1, 0.15) is 59.3 Å². The molecule has 1 rings (SSSR count). The molecule has 1 fully saturated rings. The molecule has 0 spiro atoms. The largest absolute Gasteiger partial charge is 0.380 e. The van der Waals surface area contributed by atoms with Crippen molar-refractivity contribution in [3.05, 3.63) is 0 Å². The first-order chi connectivity index (χ1) is 9.42. The molecule has 1 saturated carbocycles. The Hall–Kier alpha value is -0.610. The molecule has 0 saturated heterocycles. The second kappa shape index (κ2) is 7.99. The highest BCUT2D eigenvalue weighted by Gasteiger charge is 2.32. The monoisotopic (exact) mass is 284 g/mol. The fourth-order valence-corrected chi connectivity index (χ4v) is 3.06. The van der Waals surface area contributed by atoms with E-state index >= 15 is 0 Å². The Morgan fingerprint density at radius 3 is 2.40 bits per heavy atom. The Morgan fingerprint density at radius 1 is 1.35 bits per heavy atom. The molecule has 0 aromatic heterocycles. The average molecular weight is 284 g/mol. The van der Waals surface area contributed by atoms with Crippen LogP contribution in [0.15, 0.2) is 0 Å². The number of amides is 1. The van der Waals surface area contributed by atoms with E-state index in [9.17, 15) is 4.79 Å². The topological polar surface area (TPSA) is 64.4 Å². The number of rotatable bonds is 7. The molecule has 118 valence electrons. The molecular formula is C16H32N2O2. The third-order valence-corrected chi connectivity index (χ3v) is 5.12. The predicted octanol–water partition coefficient (Wildman–Crippen LogP) is 2.46. The number of ether oxygens (including phenoxy) is 1. The van der Waals surface area contributed by atoms with Crippen LogP contribution in [0.5, 0.6) is 0 Å². The number of hydrogen-bond acceptors (Lipinski definition) is 3. The second-order valence-electron chi connectivity index (χ2n) is 6.76. The molecule has 20 heavy (non-hydrogen) atoms. The Balaban J connectivity index is 2.34. The van der Waals surface area contributed by atoms with E-state index in [2.05, 4.69) is 26.1 Å².